The number of carbonyl (C=O) groups excluding carboxylic acids is 2. The molecular formula is C21H24N2O4. The third-order valence-electron chi connectivity index (χ3n) is 4.54. The summed E-state index contributed by atoms with van der Waals surface area (Å²) >= 11 is 0. The van der Waals surface area contributed by atoms with Crippen molar-refractivity contribution in [3.63, 3.8) is 0 Å². The van der Waals surface area contributed by atoms with Gasteiger partial charge in [-0.3, -0.25) is 4.79 Å². The van der Waals surface area contributed by atoms with Crippen LogP contribution in [0.4, 0.5) is 11.4 Å². The van der Waals surface area contributed by atoms with Crippen LogP contribution >= 0.6 is 0 Å². The molecule has 0 atom stereocenters. The number of hydrogen-bond acceptors (Lipinski definition) is 5. The van der Waals surface area contributed by atoms with Gasteiger partial charge in [-0.25, -0.2) is 4.79 Å². The summed E-state index contributed by atoms with van der Waals surface area (Å²) in [7, 11) is 1.34. The Labute approximate surface area is 159 Å². The topological polar surface area (TPSA) is 67.9 Å². The van der Waals surface area contributed by atoms with Gasteiger partial charge >= 0.3 is 5.97 Å². The third-order valence-corrected chi connectivity index (χ3v) is 4.54. The number of hydrogen-bond donors (Lipinski definition) is 1. The summed E-state index contributed by atoms with van der Waals surface area (Å²) in [4.78, 5) is 25.9. The van der Waals surface area contributed by atoms with Gasteiger partial charge in [0.15, 0.2) is 0 Å². The van der Waals surface area contributed by atoms with Gasteiger partial charge in [-0.1, -0.05) is 12.1 Å². The zero-order valence-electron chi connectivity index (χ0n) is 15.4. The summed E-state index contributed by atoms with van der Waals surface area (Å²) in [6.07, 6.45) is 1.07. The molecule has 1 aliphatic rings. The zero-order valence-corrected chi connectivity index (χ0v) is 15.4. The molecule has 0 radical (unpaired) electrons. The van der Waals surface area contributed by atoms with E-state index in [0.29, 0.717) is 24.1 Å². The van der Waals surface area contributed by atoms with Gasteiger partial charge in [0, 0.05) is 30.9 Å². The van der Waals surface area contributed by atoms with Crippen LogP contribution in [0.2, 0.25) is 0 Å². The molecule has 1 fully saturated rings. The lowest BCUT2D eigenvalue weighted by atomic mass is 10.1. The number of aryl methyl sites for hydroxylation is 1. The number of rotatable bonds is 6. The molecule has 27 heavy (non-hydrogen) atoms. The van der Waals surface area contributed by atoms with Crippen LogP contribution in [0.5, 0.6) is 0 Å². The van der Waals surface area contributed by atoms with Crippen molar-refractivity contribution >= 4 is 23.3 Å². The molecule has 2 aromatic carbocycles. The van der Waals surface area contributed by atoms with Crippen molar-refractivity contribution < 1.29 is 19.1 Å². The van der Waals surface area contributed by atoms with E-state index in [-0.39, 0.29) is 5.91 Å². The molecule has 6 nitrogen and oxygen atoms in total. The van der Waals surface area contributed by atoms with Gasteiger partial charge in [-0.2, -0.15) is 0 Å². The van der Waals surface area contributed by atoms with Crippen LogP contribution in [0.25, 0.3) is 0 Å². The standard InChI is InChI=1S/C21H24N2O4/c1-26-21(25)17-5-7-18(8-6-17)22-20(24)11-4-16-2-9-19(10-3-16)23-12-14-27-15-13-23/h2-3,5-10H,4,11-15H2,1H3,(H,22,24). The second-order valence-electron chi connectivity index (χ2n) is 6.38. The van der Waals surface area contributed by atoms with E-state index in [1.165, 1.54) is 12.8 Å². The fraction of sp³-hybridized carbons (Fsp3) is 0.333. The van der Waals surface area contributed by atoms with Crippen molar-refractivity contribution in [2.45, 2.75) is 12.8 Å². The average molecular weight is 368 g/mol. The highest BCUT2D eigenvalue weighted by atomic mass is 16.5. The number of nitrogens with one attached hydrogen (secondary N) is 1. The molecule has 0 unspecified atom stereocenters. The lowest BCUT2D eigenvalue weighted by molar-refractivity contribution is -0.116. The zero-order chi connectivity index (χ0) is 19.1. The number of benzene rings is 2. The maximum absolute atomic E-state index is 12.2. The van der Waals surface area contributed by atoms with Crippen LogP contribution in [0.3, 0.4) is 0 Å². The second kappa shape index (κ2) is 9.19. The number of methoxy groups -OCH3 is 1. The van der Waals surface area contributed by atoms with Gasteiger partial charge in [0.05, 0.1) is 25.9 Å². The summed E-state index contributed by atoms with van der Waals surface area (Å²) in [5, 5.41) is 2.85. The molecule has 0 bridgehead atoms. The van der Waals surface area contributed by atoms with Gasteiger partial charge in [0.1, 0.15) is 0 Å². The lowest BCUT2D eigenvalue weighted by Crippen LogP contribution is -2.36. The van der Waals surface area contributed by atoms with E-state index in [9.17, 15) is 9.59 Å². The quantitative estimate of drug-likeness (QED) is 0.794. The van der Waals surface area contributed by atoms with Gasteiger partial charge in [0.2, 0.25) is 5.91 Å². The fourth-order valence-corrected chi connectivity index (χ4v) is 2.98. The summed E-state index contributed by atoms with van der Waals surface area (Å²) in [5.41, 5.74) is 3.44. The highest BCUT2D eigenvalue weighted by Gasteiger charge is 2.11. The number of carbonyl (C=O) groups is 2. The van der Waals surface area contributed by atoms with Gasteiger partial charge in [-0.05, 0) is 48.4 Å². The summed E-state index contributed by atoms with van der Waals surface area (Å²) in [6.45, 7) is 3.36. The Hall–Kier alpha value is -2.86. The largest absolute Gasteiger partial charge is 0.465 e. The first kappa shape index (κ1) is 18.9. The van der Waals surface area contributed by atoms with Crippen molar-refractivity contribution in [1.82, 2.24) is 0 Å². The number of ether oxygens (including phenoxy) is 2. The molecule has 2 aromatic rings. The molecule has 1 saturated heterocycles. The van der Waals surface area contributed by atoms with Crippen LogP contribution < -0.4 is 10.2 Å². The van der Waals surface area contributed by atoms with Crippen molar-refractivity contribution in [2.24, 2.45) is 0 Å². The maximum atomic E-state index is 12.2. The van der Waals surface area contributed by atoms with Crippen molar-refractivity contribution in [1.29, 1.82) is 0 Å². The Morgan fingerprint density at radius 1 is 1.04 bits per heavy atom. The molecule has 142 valence electrons. The molecule has 1 aliphatic heterocycles. The third kappa shape index (κ3) is 5.31. The number of anilines is 2. The van der Waals surface area contributed by atoms with E-state index in [2.05, 4.69) is 39.2 Å². The van der Waals surface area contributed by atoms with E-state index >= 15 is 0 Å². The summed E-state index contributed by atoms with van der Waals surface area (Å²) in [5.74, 6) is -0.452. The monoisotopic (exact) mass is 368 g/mol. The number of esters is 1. The van der Waals surface area contributed by atoms with E-state index in [1.807, 2.05) is 0 Å². The fourth-order valence-electron chi connectivity index (χ4n) is 2.98. The van der Waals surface area contributed by atoms with E-state index < -0.39 is 5.97 Å². The van der Waals surface area contributed by atoms with Gasteiger partial charge in [-0.15, -0.1) is 0 Å². The minimum absolute atomic E-state index is 0.0573. The Balaban J connectivity index is 1.48. The second-order valence-corrected chi connectivity index (χ2v) is 6.38. The first-order valence-corrected chi connectivity index (χ1v) is 9.05. The predicted molar refractivity (Wildman–Crippen MR) is 104 cm³/mol. The van der Waals surface area contributed by atoms with E-state index in [4.69, 9.17) is 4.74 Å². The van der Waals surface area contributed by atoms with Crippen LogP contribution in [0.15, 0.2) is 48.5 Å². The molecule has 1 amide bonds. The normalized spacial score (nSPS) is 13.9. The molecule has 0 aliphatic carbocycles. The Kier molecular flexibility index (Phi) is 6.44. The van der Waals surface area contributed by atoms with Crippen LogP contribution in [0, 0.1) is 0 Å². The van der Waals surface area contributed by atoms with Crippen LogP contribution in [-0.4, -0.2) is 45.3 Å². The summed E-state index contributed by atoms with van der Waals surface area (Å²) in [6, 6.07) is 15.0. The van der Waals surface area contributed by atoms with Crippen LogP contribution in [-0.2, 0) is 20.7 Å². The SMILES string of the molecule is COC(=O)c1ccc(NC(=O)CCc2ccc(N3CCOCC3)cc2)cc1. The Morgan fingerprint density at radius 3 is 2.33 bits per heavy atom. The van der Waals surface area contributed by atoms with Crippen molar-refractivity contribution in [2.75, 3.05) is 43.6 Å². The van der Waals surface area contributed by atoms with E-state index in [1.54, 1.807) is 24.3 Å². The molecule has 0 spiro atoms. The molecule has 1 N–H and O–H groups in total. The van der Waals surface area contributed by atoms with Crippen LogP contribution in [0.1, 0.15) is 22.3 Å². The number of nitrogens with zero attached hydrogens (tertiary/aromatic N) is 1. The number of amides is 1. The lowest BCUT2D eigenvalue weighted by Gasteiger charge is -2.28. The highest BCUT2D eigenvalue weighted by molar-refractivity contribution is 5.93. The number of morpholine rings is 1. The predicted octanol–water partition coefficient (Wildman–Crippen LogP) is 2.88. The van der Waals surface area contributed by atoms with Crippen molar-refractivity contribution in [3.05, 3.63) is 59.7 Å². The minimum Gasteiger partial charge on any atom is -0.465 e. The first-order valence-electron chi connectivity index (χ1n) is 9.05. The molecule has 0 aromatic heterocycles. The molecule has 0 saturated carbocycles. The highest BCUT2D eigenvalue weighted by Crippen LogP contribution is 2.18. The molecule has 3 rings (SSSR count). The maximum Gasteiger partial charge on any atom is 0.337 e. The van der Waals surface area contributed by atoms with Crippen molar-refractivity contribution in [3.8, 4) is 0 Å². The molecular weight excluding hydrogens is 344 g/mol. The van der Waals surface area contributed by atoms with Gasteiger partial charge < -0.3 is 19.7 Å². The molecule has 1 heterocycles. The Bertz CT molecular complexity index is 766. The minimum atomic E-state index is -0.395. The average Bonchev–Trinajstić information content (AvgIpc) is 2.73. The summed E-state index contributed by atoms with van der Waals surface area (Å²) < 4.78 is 10.0. The van der Waals surface area contributed by atoms with Gasteiger partial charge in [0.25, 0.3) is 0 Å². The molecule has 6 heteroatoms. The smallest absolute Gasteiger partial charge is 0.337 e. The Morgan fingerprint density at radius 2 is 1.70 bits per heavy atom. The van der Waals surface area contributed by atoms with E-state index in [0.717, 1.165) is 31.9 Å². The first-order chi connectivity index (χ1) is 13.2.